The van der Waals surface area contributed by atoms with E-state index >= 15 is 0 Å². The number of amides is 1. The molecule has 0 bridgehead atoms. The Kier molecular flexibility index (Phi) is 1.98. The van der Waals surface area contributed by atoms with E-state index in [9.17, 15) is 9.18 Å². The van der Waals surface area contributed by atoms with Gasteiger partial charge in [-0.2, -0.15) is 0 Å². The number of hydrogen-bond acceptors (Lipinski definition) is 2. The molecule has 0 fully saturated rings. The van der Waals surface area contributed by atoms with Crippen molar-refractivity contribution >= 4 is 12.1 Å². The lowest BCUT2D eigenvalue weighted by Crippen LogP contribution is -2.24. The maximum atomic E-state index is 11.5. The van der Waals surface area contributed by atoms with Crippen LogP contribution < -0.4 is 5.73 Å². The van der Waals surface area contributed by atoms with Gasteiger partial charge < -0.3 is 11.1 Å². The van der Waals surface area contributed by atoms with E-state index in [0.717, 1.165) is 0 Å². The van der Waals surface area contributed by atoms with Gasteiger partial charge in [-0.25, -0.2) is 4.39 Å². The first-order valence-electron chi connectivity index (χ1n) is 1.62. The summed E-state index contributed by atoms with van der Waals surface area (Å²) in [7, 11) is 0. The summed E-state index contributed by atoms with van der Waals surface area (Å²) in [6, 6.07) is 0. The number of hydrogen-bond donors (Lipinski definition) is 2. The summed E-state index contributed by atoms with van der Waals surface area (Å²) in [5.74, 6) is -1.12. The van der Waals surface area contributed by atoms with Gasteiger partial charge >= 0.3 is 0 Å². The van der Waals surface area contributed by atoms with E-state index in [1.165, 1.54) is 0 Å². The maximum absolute atomic E-state index is 11.5. The standard InChI is InChI=1S/C3H5FN2O/c4-2(1-5)3(6)7/h1-2,5H,(H2,6,7). The molecule has 40 valence electrons. The fraction of sp³-hybridized carbons (Fsp3) is 0.333. The average molecular weight is 104 g/mol. The highest BCUT2D eigenvalue weighted by atomic mass is 19.1. The van der Waals surface area contributed by atoms with Crippen LogP contribution in [0.2, 0.25) is 0 Å². The van der Waals surface area contributed by atoms with Crippen LogP contribution in [0.25, 0.3) is 0 Å². The average Bonchev–Trinajstić information content (AvgIpc) is 1.65. The van der Waals surface area contributed by atoms with Gasteiger partial charge in [-0.15, -0.1) is 0 Å². The topological polar surface area (TPSA) is 66.9 Å². The molecule has 3 nitrogen and oxygen atoms in total. The van der Waals surface area contributed by atoms with Crippen LogP contribution in [0.3, 0.4) is 0 Å². The van der Waals surface area contributed by atoms with Crippen molar-refractivity contribution in [2.24, 2.45) is 5.73 Å². The minimum atomic E-state index is -1.92. The van der Waals surface area contributed by atoms with Gasteiger partial charge in [0, 0.05) is 6.21 Å². The van der Waals surface area contributed by atoms with Crippen molar-refractivity contribution in [3.8, 4) is 0 Å². The number of alkyl halides is 1. The van der Waals surface area contributed by atoms with Crippen molar-refractivity contribution in [1.29, 1.82) is 5.41 Å². The van der Waals surface area contributed by atoms with Crippen LogP contribution in [-0.2, 0) is 4.79 Å². The molecule has 4 heteroatoms. The quantitative estimate of drug-likeness (QED) is 0.454. The summed E-state index contributed by atoms with van der Waals surface area (Å²) in [5, 5.41) is 6.14. The molecule has 0 aliphatic carbocycles. The number of rotatable bonds is 2. The molecule has 0 aromatic carbocycles. The summed E-state index contributed by atoms with van der Waals surface area (Å²) >= 11 is 0. The molecule has 0 aliphatic heterocycles. The number of carbonyl (C=O) groups excluding carboxylic acids is 1. The van der Waals surface area contributed by atoms with Gasteiger partial charge in [0.1, 0.15) is 0 Å². The molecule has 3 N–H and O–H groups in total. The summed E-state index contributed by atoms with van der Waals surface area (Å²) in [6.07, 6.45) is -1.57. The lowest BCUT2D eigenvalue weighted by Gasteiger charge is -1.88. The first-order chi connectivity index (χ1) is 3.18. The van der Waals surface area contributed by atoms with Crippen molar-refractivity contribution in [2.45, 2.75) is 6.17 Å². The van der Waals surface area contributed by atoms with Gasteiger partial charge in [0.15, 0.2) is 0 Å². The van der Waals surface area contributed by atoms with E-state index in [2.05, 4.69) is 5.73 Å². The van der Waals surface area contributed by atoms with Crippen molar-refractivity contribution in [2.75, 3.05) is 0 Å². The molecule has 0 rings (SSSR count). The zero-order valence-electron chi connectivity index (χ0n) is 3.52. The van der Waals surface area contributed by atoms with Crippen LogP contribution in [0, 0.1) is 5.41 Å². The molecular formula is C3H5FN2O. The summed E-state index contributed by atoms with van der Waals surface area (Å²) in [5.41, 5.74) is 4.38. The van der Waals surface area contributed by atoms with Crippen LogP contribution in [0.1, 0.15) is 0 Å². The molecule has 7 heavy (non-hydrogen) atoms. The highest BCUT2D eigenvalue weighted by Crippen LogP contribution is 1.79. The zero-order chi connectivity index (χ0) is 5.86. The number of halogens is 1. The number of carbonyl (C=O) groups is 1. The molecule has 0 heterocycles. The molecular weight excluding hydrogens is 99.0 g/mol. The highest BCUT2D eigenvalue weighted by Gasteiger charge is 2.06. The van der Waals surface area contributed by atoms with Crippen LogP contribution in [0.15, 0.2) is 0 Å². The third kappa shape index (κ3) is 1.86. The molecule has 0 saturated carbocycles. The second-order valence-corrected chi connectivity index (χ2v) is 0.971. The van der Waals surface area contributed by atoms with Crippen molar-refractivity contribution in [1.82, 2.24) is 0 Å². The second kappa shape index (κ2) is 2.28. The molecule has 0 spiro atoms. The number of nitrogens with one attached hydrogen (secondary N) is 1. The predicted octanol–water partition coefficient (Wildman–Crippen LogP) is -0.541. The Bertz CT molecular complexity index is 92.9. The molecule has 1 unspecified atom stereocenters. The van der Waals surface area contributed by atoms with Gasteiger partial charge in [0.25, 0.3) is 5.91 Å². The Morgan fingerprint density at radius 2 is 2.43 bits per heavy atom. The highest BCUT2D eigenvalue weighted by molar-refractivity contribution is 5.94. The van der Waals surface area contributed by atoms with E-state index in [4.69, 9.17) is 5.41 Å². The fourth-order valence-electron chi connectivity index (χ4n) is 0.0821. The van der Waals surface area contributed by atoms with Crippen LogP contribution in [0.4, 0.5) is 4.39 Å². The Morgan fingerprint density at radius 3 is 2.43 bits per heavy atom. The Morgan fingerprint density at radius 1 is 2.00 bits per heavy atom. The first kappa shape index (κ1) is 6.07. The molecule has 1 amide bonds. The van der Waals surface area contributed by atoms with Gasteiger partial charge in [0.05, 0.1) is 0 Å². The van der Waals surface area contributed by atoms with Crippen LogP contribution in [-0.4, -0.2) is 18.3 Å². The summed E-state index contributed by atoms with van der Waals surface area (Å²) < 4.78 is 11.5. The minimum Gasteiger partial charge on any atom is -0.367 e. The second-order valence-electron chi connectivity index (χ2n) is 0.971. The Labute approximate surface area is 39.8 Å². The van der Waals surface area contributed by atoms with Gasteiger partial charge in [-0.05, 0) is 0 Å². The molecule has 0 saturated heterocycles. The summed E-state index contributed by atoms with van der Waals surface area (Å²) in [4.78, 5) is 9.63. The molecule has 0 aromatic heterocycles. The van der Waals surface area contributed by atoms with Gasteiger partial charge in [-0.3, -0.25) is 4.79 Å². The Hall–Kier alpha value is -0.930. The van der Waals surface area contributed by atoms with E-state index in [0.29, 0.717) is 6.21 Å². The first-order valence-corrected chi connectivity index (χ1v) is 1.62. The molecule has 1 atom stereocenters. The fourth-order valence-corrected chi connectivity index (χ4v) is 0.0821. The Balaban J connectivity index is 3.55. The van der Waals surface area contributed by atoms with E-state index in [1.54, 1.807) is 0 Å². The predicted molar refractivity (Wildman–Crippen MR) is 22.9 cm³/mol. The van der Waals surface area contributed by atoms with Crippen molar-refractivity contribution < 1.29 is 9.18 Å². The zero-order valence-corrected chi connectivity index (χ0v) is 3.52. The lowest BCUT2D eigenvalue weighted by atomic mass is 10.4. The van der Waals surface area contributed by atoms with Crippen molar-refractivity contribution in [3.63, 3.8) is 0 Å². The smallest absolute Gasteiger partial charge is 0.257 e. The maximum Gasteiger partial charge on any atom is 0.257 e. The van der Waals surface area contributed by atoms with Gasteiger partial charge in [-0.1, -0.05) is 0 Å². The third-order valence-corrected chi connectivity index (χ3v) is 0.418. The number of primary amides is 1. The number of nitrogens with two attached hydrogens (primary N) is 1. The lowest BCUT2D eigenvalue weighted by molar-refractivity contribution is -0.120. The minimum absolute atomic E-state index is 0.350. The van der Waals surface area contributed by atoms with Crippen LogP contribution in [0.5, 0.6) is 0 Å². The third-order valence-electron chi connectivity index (χ3n) is 0.418. The van der Waals surface area contributed by atoms with E-state index < -0.39 is 12.1 Å². The SMILES string of the molecule is N=CC(F)C(N)=O. The summed E-state index contributed by atoms with van der Waals surface area (Å²) in [6.45, 7) is 0. The largest absolute Gasteiger partial charge is 0.367 e. The normalized spacial score (nSPS) is 12.7. The molecule has 0 aliphatic rings. The van der Waals surface area contributed by atoms with Crippen LogP contribution >= 0.6 is 0 Å². The van der Waals surface area contributed by atoms with Gasteiger partial charge in [0.2, 0.25) is 6.17 Å². The van der Waals surface area contributed by atoms with Crippen molar-refractivity contribution in [3.05, 3.63) is 0 Å². The van der Waals surface area contributed by atoms with E-state index in [-0.39, 0.29) is 0 Å². The van der Waals surface area contributed by atoms with E-state index in [1.807, 2.05) is 0 Å². The molecule has 0 aromatic rings. The monoisotopic (exact) mass is 104 g/mol. The molecule has 0 radical (unpaired) electrons.